The highest BCUT2D eigenvalue weighted by molar-refractivity contribution is 4.88. The molecule has 0 aromatic heterocycles. The van der Waals surface area contributed by atoms with E-state index >= 15 is 0 Å². The molecule has 2 nitrogen and oxygen atoms in total. The minimum Gasteiger partial charge on any atom is -0.310 e. The maximum Gasteiger partial charge on any atom is 0.0252 e. The third-order valence-corrected chi connectivity index (χ3v) is 4.13. The largest absolute Gasteiger partial charge is 0.310 e. The van der Waals surface area contributed by atoms with Gasteiger partial charge in [-0.2, -0.15) is 0 Å². The van der Waals surface area contributed by atoms with Crippen molar-refractivity contribution in [1.29, 1.82) is 0 Å². The lowest BCUT2D eigenvalue weighted by molar-refractivity contribution is 0.129. The summed E-state index contributed by atoms with van der Waals surface area (Å²) in [5.74, 6) is 0.855. The number of nitrogens with one attached hydrogen (secondary N) is 1. The molecule has 0 aliphatic carbocycles. The fourth-order valence-corrected chi connectivity index (χ4v) is 2.97. The Bertz CT molecular complexity index is 197. The zero-order chi connectivity index (χ0) is 12.2. The summed E-state index contributed by atoms with van der Waals surface area (Å²) in [6.45, 7) is 15.3. The Morgan fingerprint density at radius 3 is 2.44 bits per heavy atom. The molecule has 0 amide bonds. The van der Waals surface area contributed by atoms with Gasteiger partial charge in [-0.3, -0.25) is 4.90 Å². The molecule has 1 fully saturated rings. The first-order valence-electron chi connectivity index (χ1n) is 6.99. The second kappa shape index (κ2) is 6.02. The normalized spacial score (nSPS) is 24.4. The molecule has 96 valence electrons. The van der Waals surface area contributed by atoms with Crippen LogP contribution in [0.4, 0.5) is 0 Å². The molecule has 1 heterocycles. The van der Waals surface area contributed by atoms with E-state index in [0.29, 0.717) is 0 Å². The van der Waals surface area contributed by atoms with Gasteiger partial charge in [0.1, 0.15) is 0 Å². The van der Waals surface area contributed by atoms with Gasteiger partial charge in [-0.25, -0.2) is 0 Å². The number of hydrogen-bond donors (Lipinski definition) is 1. The van der Waals surface area contributed by atoms with Crippen LogP contribution in [-0.4, -0.2) is 36.1 Å². The number of rotatable bonds is 4. The van der Waals surface area contributed by atoms with Crippen molar-refractivity contribution in [1.82, 2.24) is 10.2 Å². The van der Waals surface area contributed by atoms with Gasteiger partial charge in [-0.05, 0) is 46.2 Å². The van der Waals surface area contributed by atoms with Gasteiger partial charge in [0.05, 0.1) is 0 Å². The van der Waals surface area contributed by atoms with Crippen molar-refractivity contribution in [2.75, 3.05) is 19.6 Å². The molecule has 1 rings (SSSR count). The van der Waals surface area contributed by atoms with Crippen molar-refractivity contribution < 1.29 is 0 Å². The molecule has 1 aliphatic heterocycles. The Labute approximate surface area is 102 Å². The molecule has 1 aliphatic rings. The zero-order valence-corrected chi connectivity index (χ0v) is 11.8. The van der Waals surface area contributed by atoms with Crippen LogP contribution in [0.1, 0.15) is 53.9 Å². The van der Waals surface area contributed by atoms with Crippen molar-refractivity contribution in [2.24, 2.45) is 5.92 Å². The predicted molar refractivity (Wildman–Crippen MR) is 71.8 cm³/mol. The van der Waals surface area contributed by atoms with Gasteiger partial charge >= 0.3 is 0 Å². The lowest BCUT2D eigenvalue weighted by atomic mass is 9.93. The first-order valence-corrected chi connectivity index (χ1v) is 6.99. The summed E-state index contributed by atoms with van der Waals surface area (Å²) in [5, 5.41) is 3.64. The molecule has 0 aromatic rings. The Morgan fingerprint density at radius 2 is 1.88 bits per heavy atom. The summed E-state index contributed by atoms with van der Waals surface area (Å²) in [6, 6.07) is 0.731. The lowest BCUT2D eigenvalue weighted by Crippen LogP contribution is -2.50. The number of hydrogen-bond acceptors (Lipinski definition) is 2. The van der Waals surface area contributed by atoms with Crippen molar-refractivity contribution in [3.05, 3.63) is 0 Å². The minimum absolute atomic E-state index is 0.275. The summed E-state index contributed by atoms with van der Waals surface area (Å²) >= 11 is 0. The Morgan fingerprint density at radius 1 is 1.25 bits per heavy atom. The highest BCUT2D eigenvalue weighted by Gasteiger charge is 2.28. The van der Waals surface area contributed by atoms with Crippen LogP contribution < -0.4 is 5.32 Å². The first kappa shape index (κ1) is 14.0. The van der Waals surface area contributed by atoms with E-state index in [-0.39, 0.29) is 5.54 Å². The summed E-state index contributed by atoms with van der Waals surface area (Å²) < 4.78 is 0. The lowest BCUT2D eigenvalue weighted by Gasteiger charge is -2.37. The highest BCUT2D eigenvalue weighted by Crippen LogP contribution is 2.21. The third-order valence-electron chi connectivity index (χ3n) is 4.13. The molecular weight excluding hydrogens is 196 g/mol. The van der Waals surface area contributed by atoms with E-state index < -0.39 is 0 Å². The molecule has 0 spiro atoms. The van der Waals surface area contributed by atoms with Crippen molar-refractivity contribution >= 4 is 0 Å². The second-order valence-electron chi connectivity index (χ2n) is 5.95. The molecule has 1 unspecified atom stereocenters. The van der Waals surface area contributed by atoms with E-state index in [4.69, 9.17) is 0 Å². The Hall–Kier alpha value is -0.0800. The molecule has 0 aromatic carbocycles. The first-order chi connectivity index (χ1) is 7.50. The molecule has 1 N–H and O–H groups in total. The van der Waals surface area contributed by atoms with Gasteiger partial charge < -0.3 is 5.32 Å². The predicted octanol–water partition coefficient (Wildman–Crippen LogP) is 2.89. The molecule has 0 saturated carbocycles. The summed E-state index contributed by atoms with van der Waals surface area (Å²) in [4.78, 5) is 2.69. The van der Waals surface area contributed by atoms with Gasteiger partial charge in [-0.1, -0.05) is 26.7 Å². The summed E-state index contributed by atoms with van der Waals surface area (Å²) in [5.41, 5.74) is 0.275. The Balaban J connectivity index is 2.62. The monoisotopic (exact) mass is 226 g/mol. The quantitative estimate of drug-likeness (QED) is 0.793. The van der Waals surface area contributed by atoms with Gasteiger partial charge in [0, 0.05) is 18.1 Å². The van der Waals surface area contributed by atoms with E-state index in [9.17, 15) is 0 Å². The van der Waals surface area contributed by atoms with Gasteiger partial charge in [0.15, 0.2) is 0 Å². The van der Waals surface area contributed by atoms with Crippen molar-refractivity contribution in [3.63, 3.8) is 0 Å². The highest BCUT2D eigenvalue weighted by atomic mass is 15.2. The standard InChI is InChI=1S/C14H30N2/c1-6-13(7-2)12(3)16-10-8-9-15-14(4,5)11-16/h12-13,15H,6-11H2,1-5H3. The molecule has 1 saturated heterocycles. The molecule has 2 heteroatoms. The molecular formula is C14H30N2. The maximum atomic E-state index is 3.64. The van der Waals surface area contributed by atoms with Crippen molar-refractivity contribution in [2.45, 2.75) is 65.5 Å². The van der Waals surface area contributed by atoms with Crippen LogP contribution in [0, 0.1) is 5.92 Å². The molecule has 0 radical (unpaired) electrons. The maximum absolute atomic E-state index is 3.64. The van der Waals surface area contributed by atoms with E-state index in [1.807, 2.05) is 0 Å². The van der Waals surface area contributed by atoms with Crippen LogP contribution in [0.5, 0.6) is 0 Å². The van der Waals surface area contributed by atoms with E-state index in [2.05, 4.69) is 44.8 Å². The van der Waals surface area contributed by atoms with Crippen LogP contribution in [0.15, 0.2) is 0 Å². The fourth-order valence-electron chi connectivity index (χ4n) is 2.97. The van der Waals surface area contributed by atoms with Crippen LogP contribution in [0.2, 0.25) is 0 Å². The van der Waals surface area contributed by atoms with Gasteiger partial charge in [-0.15, -0.1) is 0 Å². The number of nitrogens with zero attached hydrogens (tertiary/aromatic N) is 1. The fraction of sp³-hybridized carbons (Fsp3) is 1.00. The summed E-state index contributed by atoms with van der Waals surface area (Å²) in [6.07, 6.45) is 3.90. The molecule has 1 atom stereocenters. The van der Waals surface area contributed by atoms with Crippen LogP contribution in [-0.2, 0) is 0 Å². The third kappa shape index (κ3) is 3.74. The summed E-state index contributed by atoms with van der Waals surface area (Å²) in [7, 11) is 0. The SMILES string of the molecule is CCC(CC)C(C)N1CCCNC(C)(C)C1. The minimum atomic E-state index is 0.275. The second-order valence-corrected chi connectivity index (χ2v) is 5.95. The zero-order valence-electron chi connectivity index (χ0n) is 11.8. The van der Waals surface area contributed by atoms with Crippen LogP contribution in [0.3, 0.4) is 0 Å². The molecule has 0 bridgehead atoms. The average Bonchev–Trinajstić information content (AvgIpc) is 2.41. The topological polar surface area (TPSA) is 15.3 Å². The smallest absolute Gasteiger partial charge is 0.0252 e. The molecule has 16 heavy (non-hydrogen) atoms. The van der Waals surface area contributed by atoms with Crippen LogP contribution in [0.25, 0.3) is 0 Å². The van der Waals surface area contributed by atoms with Gasteiger partial charge in [0.25, 0.3) is 0 Å². The van der Waals surface area contributed by atoms with Crippen molar-refractivity contribution in [3.8, 4) is 0 Å². The van der Waals surface area contributed by atoms with E-state index in [1.54, 1.807) is 0 Å². The van der Waals surface area contributed by atoms with E-state index in [1.165, 1.54) is 38.9 Å². The van der Waals surface area contributed by atoms with E-state index in [0.717, 1.165) is 12.0 Å². The Kier molecular flexibility index (Phi) is 5.26. The van der Waals surface area contributed by atoms with Gasteiger partial charge in [0.2, 0.25) is 0 Å². The average molecular weight is 226 g/mol. The van der Waals surface area contributed by atoms with Crippen LogP contribution >= 0.6 is 0 Å².